The second-order valence-corrected chi connectivity index (χ2v) is 8.95. The van der Waals surface area contributed by atoms with Crippen LogP contribution in [0.3, 0.4) is 0 Å². The van der Waals surface area contributed by atoms with Gasteiger partial charge >= 0.3 is 0 Å². The minimum Gasteiger partial charge on any atom is -0.450 e. The Morgan fingerprint density at radius 2 is 1.69 bits per heavy atom. The molecule has 1 aliphatic rings. The Labute approximate surface area is 191 Å². The Bertz CT molecular complexity index is 1440. The normalized spacial score (nSPS) is 15.4. The van der Waals surface area contributed by atoms with Gasteiger partial charge in [-0.2, -0.15) is 0 Å². The van der Waals surface area contributed by atoms with Gasteiger partial charge in [0.25, 0.3) is 5.91 Å². The summed E-state index contributed by atoms with van der Waals surface area (Å²) in [5.74, 6) is -0.170. The van der Waals surface area contributed by atoms with Gasteiger partial charge in [0, 0.05) is 11.6 Å². The van der Waals surface area contributed by atoms with Crippen LogP contribution in [0.2, 0.25) is 5.02 Å². The van der Waals surface area contributed by atoms with Gasteiger partial charge in [0.15, 0.2) is 5.43 Å². The highest BCUT2D eigenvalue weighted by Gasteiger charge is 2.42. The van der Waals surface area contributed by atoms with E-state index in [0.29, 0.717) is 28.1 Å². The minimum atomic E-state index is -0.570. The third-order valence-electron chi connectivity index (χ3n) is 6.04. The van der Waals surface area contributed by atoms with Crippen LogP contribution in [0.1, 0.15) is 50.0 Å². The summed E-state index contributed by atoms with van der Waals surface area (Å²) in [6.45, 7) is 6.22. The molecule has 1 atom stereocenters. The van der Waals surface area contributed by atoms with Crippen molar-refractivity contribution < 1.29 is 9.21 Å². The van der Waals surface area contributed by atoms with Crippen molar-refractivity contribution in [3.63, 3.8) is 0 Å². The van der Waals surface area contributed by atoms with Crippen LogP contribution < -0.4 is 5.43 Å². The Balaban J connectivity index is 1.75. The predicted molar refractivity (Wildman–Crippen MR) is 126 cm³/mol. The molecule has 2 heterocycles. The van der Waals surface area contributed by atoms with Gasteiger partial charge in [0.05, 0.1) is 17.0 Å². The van der Waals surface area contributed by atoms with Crippen LogP contribution in [0.25, 0.3) is 11.0 Å². The first kappa shape index (κ1) is 20.5. The zero-order valence-corrected chi connectivity index (χ0v) is 18.9. The van der Waals surface area contributed by atoms with Gasteiger partial charge in [-0.1, -0.05) is 59.6 Å². The third-order valence-corrected chi connectivity index (χ3v) is 6.27. The molecule has 3 aromatic carbocycles. The van der Waals surface area contributed by atoms with Crippen molar-refractivity contribution in [2.75, 3.05) is 0 Å². The molecule has 0 spiro atoms. The average Bonchev–Trinajstić information content (AvgIpc) is 3.03. The molecule has 5 heteroatoms. The number of amides is 1. The molecule has 0 fully saturated rings. The number of benzene rings is 3. The van der Waals surface area contributed by atoms with Gasteiger partial charge < -0.3 is 9.32 Å². The Kier molecular flexibility index (Phi) is 4.90. The van der Waals surface area contributed by atoms with Gasteiger partial charge in [0.2, 0.25) is 5.76 Å². The molecule has 4 aromatic rings. The maximum atomic E-state index is 13.7. The van der Waals surface area contributed by atoms with E-state index in [9.17, 15) is 9.59 Å². The van der Waals surface area contributed by atoms with E-state index in [1.165, 1.54) is 0 Å². The fraction of sp³-hybridized carbons (Fsp3) is 0.185. The first-order valence-corrected chi connectivity index (χ1v) is 10.9. The van der Waals surface area contributed by atoms with Crippen molar-refractivity contribution >= 4 is 28.5 Å². The fourth-order valence-corrected chi connectivity index (χ4v) is 4.75. The van der Waals surface area contributed by atoms with E-state index in [2.05, 4.69) is 0 Å². The number of hydrogen-bond donors (Lipinski definition) is 0. The van der Waals surface area contributed by atoms with Crippen LogP contribution in [0.5, 0.6) is 0 Å². The van der Waals surface area contributed by atoms with E-state index in [1.54, 1.807) is 11.0 Å². The number of carbonyl (C=O) groups is 1. The molecule has 0 radical (unpaired) electrons. The van der Waals surface area contributed by atoms with Crippen molar-refractivity contribution in [3.8, 4) is 0 Å². The monoisotopic (exact) mass is 443 g/mol. The number of aryl methyl sites for hydroxylation is 3. The van der Waals surface area contributed by atoms with Crippen molar-refractivity contribution in [1.82, 2.24) is 4.90 Å². The summed E-state index contributed by atoms with van der Waals surface area (Å²) in [6, 6.07) is 18.6. The van der Waals surface area contributed by atoms with Gasteiger partial charge in [-0.25, -0.2) is 0 Å². The van der Waals surface area contributed by atoms with Crippen LogP contribution in [0, 0.1) is 20.8 Å². The minimum absolute atomic E-state index is 0.117. The Morgan fingerprint density at radius 1 is 0.938 bits per heavy atom. The average molecular weight is 444 g/mol. The van der Waals surface area contributed by atoms with E-state index in [1.807, 2.05) is 75.4 Å². The molecule has 5 rings (SSSR count). The number of halogens is 1. The number of rotatable bonds is 3. The first-order chi connectivity index (χ1) is 15.3. The van der Waals surface area contributed by atoms with Gasteiger partial charge in [0.1, 0.15) is 5.58 Å². The predicted octanol–water partition coefficient (Wildman–Crippen LogP) is 6.12. The lowest BCUT2D eigenvalue weighted by atomic mass is 9.97. The molecule has 0 bridgehead atoms. The quantitative estimate of drug-likeness (QED) is 0.383. The van der Waals surface area contributed by atoms with Crippen molar-refractivity contribution in [3.05, 3.63) is 115 Å². The topological polar surface area (TPSA) is 50.5 Å². The number of nitrogens with zero attached hydrogens (tertiary/aromatic N) is 1. The molecule has 1 aromatic heterocycles. The lowest BCUT2D eigenvalue weighted by Gasteiger charge is -2.25. The molecule has 1 amide bonds. The maximum absolute atomic E-state index is 13.7. The second kappa shape index (κ2) is 7.64. The lowest BCUT2D eigenvalue weighted by Crippen LogP contribution is -2.29. The van der Waals surface area contributed by atoms with Crippen LogP contribution in [-0.4, -0.2) is 10.8 Å². The number of carbonyl (C=O) groups excluding carboxylic acids is 1. The SMILES string of the molecule is Cc1ccc(CN2C(=O)c3oc4c(C)cc(C)cc4c(=O)c3C2c2cccc(Cl)c2)cc1. The van der Waals surface area contributed by atoms with Crippen LogP contribution >= 0.6 is 11.6 Å². The van der Waals surface area contributed by atoms with Crippen molar-refractivity contribution in [2.24, 2.45) is 0 Å². The van der Waals surface area contributed by atoms with Crippen molar-refractivity contribution in [2.45, 2.75) is 33.4 Å². The Hall–Kier alpha value is -3.37. The summed E-state index contributed by atoms with van der Waals surface area (Å²) >= 11 is 6.28. The van der Waals surface area contributed by atoms with E-state index >= 15 is 0 Å². The van der Waals surface area contributed by atoms with Gasteiger partial charge in [-0.05, 0) is 61.2 Å². The summed E-state index contributed by atoms with van der Waals surface area (Å²) in [7, 11) is 0. The highest BCUT2D eigenvalue weighted by atomic mass is 35.5. The lowest BCUT2D eigenvalue weighted by molar-refractivity contribution is 0.0714. The smallest absolute Gasteiger partial charge is 0.291 e. The van der Waals surface area contributed by atoms with E-state index in [4.69, 9.17) is 16.0 Å². The second-order valence-electron chi connectivity index (χ2n) is 8.51. The molecule has 0 aliphatic carbocycles. The van der Waals surface area contributed by atoms with E-state index in [0.717, 1.165) is 27.8 Å². The largest absolute Gasteiger partial charge is 0.450 e. The van der Waals surface area contributed by atoms with Crippen molar-refractivity contribution in [1.29, 1.82) is 0 Å². The molecule has 1 aliphatic heterocycles. The summed E-state index contributed by atoms with van der Waals surface area (Å²) in [6.07, 6.45) is 0. The molecule has 1 unspecified atom stereocenters. The number of hydrogen-bond acceptors (Lipinski definition) is 3. The van der Waals surface area contributed by atoms with Crippen LogP contribution in [-0.2, 0) is 6.54 Å². The standard InChI is InChI=1S/C27H22ClNO3/c1-15-7-9-18(10-8-15)14-29-23(19-5-4-6-20(28)13-19)22-24(30)21-12-16(2)11-17(3)25(21)32-26(22)27(29)31/h4-13,23H,14H2,1-3H3. The first-order valence-electron chi connectivity index (χ1n) is 10.5. The Morgan fingerprint density at radius 3 is 2.41 bits per heavy atom. The number of fused-ring (bicyclic) bond motifs is 2. The summed E-state index contributed by atoms with van der Waals surface area (Å²) < 4.78 is 6.13. The van der Waals surface area contributed by atoms with E-state index < -0.39 is 6.04 Å². The maximum Gasteiger partial charge on any atom is 0.291 e. The van der Waals surface area contributed by atoms with Gasteiger partial charge in [-0.3, -0.25) is 9.59 Å². The molecule has 32 heavy (non-hydrogen) atoms. The fourth-order valence-electron chi connectivity index (χ4n) is 4.55. The highest BCUT2D eigenvalue weighted by molar-refractivity contribution is 6.30. The third kappa shape index (κ3) is 3.32. The van der Waals surface area contributed by atoms with Gasteiger partial charge in [-0.15, -0.1) is 0 Å². The summed E-state index contributed by atoms with van der Waals surface area (Å²) in [5, 5.41) is 1.05. The summed E-state index contributed by atoms with van der Waals surface area (Å²) in [5.41, 5.74) is 5.39. The molecule has 160 valence electrons. The highest BCUT2D eigenvalue weighted by Crippen LogP contribution is 2.40. The van der Waals surface area contributed by atoms with E-state index in [-0.39, 0.29) is 17.1 Å². The summed E-state index contributed by atoms with van der Waals surface area (Å²) in [4.78, 5) is 29.0. The zero-order valence-electron chi connectivity index (χ0n) is 18.1. The molecule has 0 saturated heterocycles. The molecular weight excluding hydrogens is 422 g/mol. The zero-order chi connectivity index (χ0) is 22.6. The molecule has 0 saturated carbocycles. The van der Waals surface area contributed by atoms with Crippen LogP contribution in [0.4, 0.5) is 0 Å². The van der Waals surface area contributed by atoms with Crippen LogP contribution in [0.15, 0.2) is 69.9 Å². The molecule has 4 nitrogen and oxygen atoms in total. The molecular formula is C27H22ClNO3. The molecule has 0 N–H and O–H groups in total.